The topological polar surface area (TPSA) is 50.4 Å². The summed E-state index contributed by atoms with van der Waals surface area (Å²) in [4.78, 5) is 4.31. The van der Waals surface area contributed by atoms with Gasteiger partial charge in [-0.25, -0.2) is 4.98 Å². The number of nitrogens with zero attached hydrogens (tertiary/aromatic N) is 3. The first-order chi connectivity index (χ1) is 8.02. The maximum atomic E-state index is 9.09. The molecule has 0 aliphatic rings. The van der Waals surface area contributed by atoms with Crippen molar-refractivity contribution in [1.82, 2.24) is 9.55 Å². The third-order valence-electron chi connectivity index (χ3n) is 2.83. The summed E-state index contributed by atoms with van der Waals surface area (Å²) in [5, 5.41) is 12.5. The van der Waals surface area contributed by atoms with Crippen molar-refractivity contribution in [2.24, 2.45) is 10.6 Å². The fraction of sp³-hybridized carbons (Fsp3) is 0.385. The number of hydrogen-bond acceptors (Lipinski definition) is 3. The predicted molar refractivity (Wildman–Crippen MR) is 68.4 cm³/mol. The third kappa shape index (κ3) is 2.30. The van der Waals surface area contributed by atoms with E-state index in [1.807, 2.05) is 49.6 Å². The number of fused-ring (bicyclic) bond motifs is 1. The second kappa shape index (κ2) is 4.20. The summed E-state index contributed by atoms with van der Waals surface area (Å²) in [5.74, 6) is 0. The van der Waals surface area contributed by atoms with Crippen LogP contribution in [-0.2, 0) is 6.54 Å². The van der Waals surface area contributed by atoms with Crippen LogP contribution in [0.3, 0.4) is 0 Å². The van der Waals surface area contributed by atoms with Gasteiger partial charge in [0.25, 0.3) is 0 Å². The summed E-state index contributed by atoms with van der Waals surface area (Å²) in [6, 6.07) is 7.93. The van der Waals surface area contributed by atoms with E-state index in [2.05, 4.69) is 10.1 Å². The average molecular weight is 231 g/mol. The van der Waals surface area contributed by atoms with E-state index >= 15 is 0 Å². The van der Waals surface area contributed by atoms with E-state index in [1.165, 1.54) is 0 Å². The van der Waals surface area contributed by atoms with Gasteiger partial charge in [0, 0.05) is 5.41 Å². The van der Waals surface area contributed by atoms with Gasteiger partial charge in [-0.1, -0.05) is 38.1 Å². The van der Waals surface area contributed by atoms with Gasteiger partial charge in [0.15, 0.2) is 0 Å². The first-order valence-corrected chi connectivity index (χ1v) is 5.63. The SMILES string of the molecule is CC(C)(C)C(Cn1cnc2ccccc21)=NO. The van der Waals surface area contributed by atoms with Crippen LogP contribution in [0.5, 0.6) is 0 Å². The molecule has 0 radical (unpaired) electrons. The van der Waals surface area contributed by atoms with Crippen LogP contribution in [0, 0.1) is 5.41 Å². The molecule has 0 aliphatic heterocycles. The summed E-state index contributed by atoms with van der Waals surface area (Å²) >= 11 is 0. The Kier molecular flexibility index (Phi) is 2.88. The molecule has 0 fully saturated rings. The molecule has 0 saturated heterocycles. The number of imidazole rings is 1. The van der Waals surface area contributed by atoms with Gasteiger partial charge in [-0.15, -0.1) is 0 Å². The van der Waals surface area contributed by atoms with E-state index in [-0.39, 0.29) is 5.41 Å². The minimum atomic E-state index is -0.153. The molecular formula is C13H17N3O. The fourth-order valence-corrected chi connectivity index (χ4v) is 1.72. The quantitative estimate of drug-likeness (QED) is 0.491. The van der Waals surface area contributed by atoms with E-state index < -0.39 is 0 Å². The van der Waals surface area contributed by atoms with Gasteiger partial charge in [-0.2, -0.15) is 0 Å². The summed E-state index contributed by atoms with van der Waals surface area (Å²) in [5.41, 5.74) is 2.59. The Labute approximate surface area is 101 Å². The minimum Gasteiger partial charge on any atom is -0.411 e. The van der Waals surface area contributed by atoms with Crippen molar-refractivity contribution in [3.8, 4) is 0 Å². The molecule has 0 spiro atoms. The van der Waals surface area contributed by atoms with E-state index in [1.54, 1.807) is 6.33 Å². The first kappa shape index (κ1) is 11.6. The molecule has 0 bridgehead atoms. The standard InChI is InChI=1S/C13H17N3O/c1-13(2,3)12(15-17)8-16-9-14-10-6-4-5-7-11(10)16/h4-7,9,17H,8H2,1-3H3. The van der Waals surface area contributed by atoms with Gasteiger partial charge >= 0.3 is 0 Å². The molecule has 0 unspecified atom stereocenters. The summed E-state index contributed by atoms with van der Waals surface area (Å²) in [7, 11) is 0. The normalized spacial score (nSPS) is 13.2. The monoisotopic (exact) mass is 231 g/mol. The van der Waals surface area contributed by atoms with Crippen LogP contribution in [0.1, 0.15) is 20.8 Å². The molecule has 0 amide bonds. The summed E-state index contributed by atoms with van der Waals surface area (Å²) in [6.07, 6.45) is 1.78. The zero-order chi connectivity index (χ0) is 12.5. The number of oxime groups is 1. The molecule has 2 aromatic rings. The molecule has 90 valence electrons. The second-order valence-electron chi connectivity index (χ2n) is 5.16. The predicted octanol–water partition coefficient (Wildman–Crippen LogP) is 2.91. The maximum Gasteiger partial charge on any atom is 0.0961 e. The average Bonchev–Trinajstić information content (AvgIpc) is 2.67. The molecule has 0 atom stereocenters. The lowest BCUT2D eigenvalue weighted by Gasteiger charge is -2.20. The van der Waals surface area contributed by atoms with Gasteiger partial charge in [-0.05, 0) is 12.1 Å². The summed E-state index contributed by atoms with van der Waals surface area (Å²) < 4.78 is 2.00. The van der Waals surface area contributed by atoms with Crippen molar-refractivity contribution in [3.63, 3.8) is 0 Å². The van der Waals surface area contributed by atoms with Crippen LogP contribution in [0.2, 0.25) is 0 Å². The molecule has 1 N–H and O–H groups in total. The highest BCUT2D eigenvalue weighted by Gasteiger charge is 2.20. The van der Waals surface area contributed by atoms with Gasteiger partial charge in [-0.3, -0.25) is 0 Å². The van der Waals surface area contributed by atoms with Crippen LogP contribution in [0.15, 0.2) is 35.7 Å². The van der Waals surface area contributed by atoms with Crippen molar-refractivity contribution < 1.29 is 5.21 Å². The van der Waals surface area contributed by atoms with Gasteiger partial charge in [0.2, 0.25) is 0 Å². The largest absolute Gasteiger partial charge is 0.411 e. The molecule has 2 rings (SSSR count). The Morgan fingerprint density at radius 1 is 1.35 bits per heavy atom. The van der Waals surface area contributed by atoms with E-state index in [0.717, 1.165) is 16.7 Å². The van der Waals surface area contributed by atoms with Crippen molar-refractivity contribution in [2.75, 3.05) is 0 Å². The van der Waals surface area contributed by atoms with Crippen LogP contribution >= 0.6 is 0 Å². The Morgan fingerprint density at radius 2 is 2.06 bits per heavy atom. The van der Waals surface area contributed by atoms with Crippen molar-refractivity contribution in [2.45, 2.75) is 27.3 Å². The van der Waals surface area contributed by atoms with E-state index in [9.17, 15) is 0 Å². The zero-order valence-corrected chi connectivity index (χ0v) is 10.4. The molecule has 4 nitrogen and oxygen atoms in total. The molecule has 4 heteroatoms. The Morgan fingerprint density at radius 3 is 2.71 bits per heavy atom. The lowest BCUT2D eigenvalue weighted by atomic mass is 9.90. The van der Waals surface area contributed by atoms with Crippen LogP contribution in [0.4, 0.5) is 0 Å². The Balaban J connectivity index is 2.36. The fourth-order valence-electron chi connectivity index (χ4n) is 1.72. The lowest BCUT2D eigenvalue weighted by molar-refractivity contribution is 0.308. The number of para-hydroxylation sites is 2. The van der Waals surface area contributed by atoms with Crippen LogP contribution in [0.25, 0.3) is 11.0 Å². The Bertz CT molecular complexity index is 549. The number of aromatic nitrogens is 2. The summed E-state index contributed by atoms with van der Waals surface area (Å²) in [6.45, 7) is 6.64. The first-order valence-electron chi connectivity index (χ1n) is 5.63. The molecule has 17 heavy (non-hydrogen) atoms. The smallest absolute Gasteiger partial charge is 0.0961 e. The van der Waals surface area contributed by atoms with Crippen LogP contribution < -0.4 is 0 Å². The minimum absolute atomic E-state index is 0.153. The van der Waals surface area contributed by atoms with Gasteiger partial charge in [0.05, 0.1) is 29.6 Å². The van der Waals surface area contributed by atoms with Gasteiger partial charge < -0.3 is 9.77 Å². The highest BCUT2D eigenvalue weighted by atomic mass is 16.4. The van der Waals surface area contributed by atoms with Gasteiger partial charge in [0.1, 0.15) is 0 Å². The molecular weight excluding hydrogens is 214 g/mol. The highest BCUT2D eigenvalue weighted by molar-refractivity contribution is 5.89. The van der Waals surface area contributed by atoms with Crippen molar-refractivity contribution >= 4 is 16.7 Å². The molecule has 1 aromatic heterocycles. The number of rotatable bonds is 2. The highest BCUT2D eigenvalue weighted by Crippen LogP contribution is 2.19. The Hall–Kier alpha value is -1.84. The molecule has 0 aliphatic carbocycles. The number of benzene rings is 1. The maximum absolute atomic E-state index is 9.09. The van der Waals surface area contributed by atoms with Crippen molar-refractivity contribution in [3.05, 3.63) is 30.6 Å². The van der Waals surface area contributed by atoms with Crippen molar-refractivity contribution in [1.29, 1.82) is 0 Å². The zero-order valence-electron chi connectivity index (χ0n) is 10.4. The third-order valence-corrected chi connectivity index (χ3v) is 2.83. The van der Waals surface area contributed by atoms with E-state index in [0.29, 0.717) is 6.54 Å². The molecule has 0 saturated carbocycles. The molecule has 1 aromatic carbocycles. The van der Waals surface area contributed by atoms with E-state index in [4.69, 9.17) is 5.21 Å². The lowest BCUT2D eigenvalue weighted by Crippen LogP contribution is -2.25. The second-order valence-corrected chi connectivity index (χ2v) is 5.16. The number of hydrogen-bond donors (Lipinski definition) is 1. The van der Waals surface area contributed by atoms with Crippen LogP contribution in [-0.4, -0.2) is 20.5 Å². The molecule has 1 heterocycles.